The molecular weight excluding hydrogens is 328 g/mol. The van der Waals surface area contributed by atoms with E-state index in [1.54, 1.807) is 18.3 Å². The number of phenols is 1. The first kappa shape index (κ1) is 18.4. The van der Waals surface area contributed by atoms with Gasteiger partial charge in [-0.3, -0.25) is 4.98 Å². The van der Waals surface area contributed by atoms with E-state index in [4.69, 9.17) is 4.74 Å². The molecule has 2 aromatic rings. The molecule has 138 valence electrons. The van der Waals surface area contributed by atoms with Crippen LogP contribution in [0.25, 0.3) is 11.3 Å². The summed E-state index contributed by atoms with van der Waals surface area (Å²) < 4.78 is 5.58. The topological polar surface area (TPSA) is 71.5 Å². The van der Waals surface area contributed by atoms with Crippen LogP contribution in [0.3, 0.4) is 0 Å². The molecule has 1 unspecified atom stereocenters. The Morgan fingerprint density at radius 3 is 2.73 bits per heavy atom. The molecule has 0 saturated carbocycles. The molecule has 1 fully saturated rings. The lowest BCUT2D eigenvalue weighted by Gasteiger charge is -2.26. The molecule has 5 heteroatoms. The minimum atomic E-state index is -0.560. The van der Waals surface area contributed by atoms with Gasteiger partial charge in [0.05, 0.1) is 11.3 Å². The van der Waals surface area contributed by atoms with Gasteiger partial charge in [-0.25, -0.2) is 4.79 Å². The van der Waals surface area contributed by atoms with Crippen LogP contribution in [0.1, 0.15) is 55.5 Å². The Morgan fingerprint density at radius 2 is 2.08 bits per heavy atom. The average Bonchev–Trinajstić information content (AvgIpc) is 2.61. The van der Waals surface area contributed by atoms with Gasteiger partial charge in [-0.2, -0.15) is 0 Å². The Hall–Kier alpha value is -2.40. The van der Waals surface area contributed by atoms with Crippen molar-refractivity contribution in [2.45, 2.75) is 45.1 Å². The molecule has 1 aromatic heterocycles. The number of benzene rings is 1. The standard InChI is InChI=1S/C21H26N2O3/c1-21(2,3)26-20(25)17-13-23-18(15-8-4-5-9-19(15)24)11-16(17)14-7-6-10-22-12-14/h4-5,8-9,11,13-14,22,24H,6-7,10,12H2,1-3H3. The van der Waals surface area contributed by atoms with Crippen LogP contribution in [0.2, 0.25) is 0 Å². The second-order valence-corrected chi connectivity index (χ2v) is 7.72. The number of esters is 1. The van der Waals surface area contributed by atoms with E-state index in [2.05, 4.69) is 10.3 Å². The van der Waals surface area contributed by atoms with Crippen LogP contribution >= 0.6 is 0 Å². The molecule has 1 saturated heterocycles. The van der Waals surface area contributed by atoms with E-state index >= 15 is 0 Å². The summed E-state index contributed by atoms with van der Waals surface area (Å²) in [6.45, 7) is 7.39. The lowest BCUT2D eigenvalue weighted by atomic mass is 9.88. The summed E-state index contributed by atoms with van der Waals surface area (Å²) in [4.78, 5) is 17.1. The maximum absolute atomic E-state index is 12.7. The molecule has 0 amide bonds. The molecule has 0 aliphatic carbocycles. The van der Waals surface area contributed by atoms with Crippen molar-refractivity contribution in [1.82, 2.24) is 10.3 Å². The molecule has 3 rings (SSSR count). The number of aromatic nitrogens is 1. The molecule has 0 spiro atoms. The highest BCUT2D eigenvalue weighted by atomic mass is 16.6. The zero-order valence-corrected chi connectivity index (χ0v) is 15.6. The number of phenolic OH excluding ortho intramolecular Hbond substituents is 1. The molecule has 1 aliphatic heterocycles. The van der Waals surface area contributed by atoms with Crippen molar-refractivity contribution in [2.24, 2.45) is 0 Å². The SMILES string of the molecule is CC(C)(C)OC(=O)c1cnc(-c2ccccc2O)cc1C1CCCNC1. The summed E-state index contributed by atoms with van der Waals surface area (Å²) in [6, 6.07) is 9.03. The van der Waals surface area contributed by atoms with E-state index in [-0.39, 0.29) is 17.6 Å². The second kappa shape index (κ2) is 7.46. The highest BCUT2D eigenvalue weighted by molar-refractivity contribution is 5.92. The Kier molecular flexibility index (Phi) is 5.28. The molecule has 0 radical (unpaired) electrons. The summed E-state index contributed by atoms with van der Waals surface area (Å²) in [5.41, 5.74) is 2.20. The van der Waals surface area contributed by atoms with Gasteiger partial charge in [0.25, 0.3) is 0 Å². The molecule has 1 aromatic carbocycles. The van der Waals surface area contributed by atoms with Crippen molar-refractivity contribution in [3.8, 4) is 17.0 Å². The van der Waals surface area contributed by atoms with Crippen LogP contribution in [0.15, 0.2) is 36.5 Å². The number of hydrogen-bond donors (Lipinski definition) is 2. The fourth-order valence-electron chi connectivity index (χ4n) is 3.27. The summed E-state index contributed by atoms with van der Waals surface area (Å²) in [5, 5.41) is 13.5. The molecule has 1 aliphatic rings. The molecule has 5 nitrogen and oxygen atoms in total. The van der Waals surface area contributed by atoms with Gasteiger partial charge in [0.1, 0.15) is 11.4 Å². The molecule has 1 atom stereocenters. The fourth-order valence-corrected chi connectivity index (χ4v) is 3.27. The number of hydrogen-bond acceptors (Lipinski definition) is 5. The maximum Gasteiger partial charge on any atom is 0.340 e. The van der Waals surface area contributed by atoms with Crippen LogP contribution in [0, 0.1) is 0 Å². The third-order valence-electron chi connectivity index (χ3n) is 4.47. The fraction of sp³-hybridized carbons (Fsp3) is 0.429. The van der Waals surface area contributed by atoms with Crippen molar-refractivity contribution < 1.29 is 14.6 Å². The van der Waals surface area contributed by atoms with Gasteiger partial charge >= 0.3 is 5.97 Å². The number of pyridine rings is 1. The quantitative estimate of drug-likeness (QED) is 0.819. The lowest BCUT2D eigenvalue weighted by molar-refractivity contribution is 0.00672. The number of carbonyl (C=O) groups excluding carboxylic acids is 1. The number of piperidine rings is 1. The van der Waals surface area contributed by atoms with Crippen molar-refractivity contribution >= 4 is 5.97 Å². The molecule has 2 N–H and O–H groups in total. The van der Waals surface area contributed by atoms with Crippen LogP contribution in [-0.2, 0) is 4.74 Å². The van der Waals surface area contributed by atoms with Gasteiger partial charge in [0.15, 0.2) is 0 Å². The van der Waals surface area contributed by atoms with Crippen molar-refractivity contribution in [3.63, 3.8) is 0 Å². The maximum atomic E-state index is 12.7. The Labute approximate surface area is 154 Å². The first-order valence-electron chi connectivity index (χ1n) is 9.07. The van der Waals surface area contributed by atoms with Gasteiger partial charge in [-0.05, 0) is 69.8 Å². The van der Waals surface area contributed by atoms with Gasteiger partial charge < -0.3 is 15.2 Å². The average molecular weight is 354 g/mol. The number of rotatable bonds is 3. The van der Waals surface area contributed by atoms with Gasteiger partial charge in [0.2, 0.25) is 0 Å². The normalized spacial score (nSPS) is 17.7. The van der Waals surface area contributed by atoms with E-state index in [0.717, 1.165) is 31.5 Å². The smallest absolute Gasteiger partial charge is 0.340 e. The van der Waals surface area contributed by atoms with Gasteiger partial charge in [-0.1, -0.05) is 12.1 Å². The zero-order chi connectivity index (χ0) is 18.7. The Balaban J connectivity index is 2.04. The van der Waals surface area contributed by atoms with Crippen LogP contribution in [0.5, 0.6) is 5.75 Å². The minimum absolute atomic E-state index is 0.178. The third kappa shape index (κ3) is 4.22. The van der Waals surface area contributed by atoms with Crippen molar-refractivity contribution in [1.29, 1.82) is 0 Å². The predicted molar refractivity (Wildman–Crippen MR) is 101 cm³/mol. The number of nitrogens with zero attached hydrogens (tertiary/aromatic N) is 1. The number of aromatic hydroxyl groups is 1. The zero-order valence-electron chi connectivity index (χ0n) is 15.6. The summed E-state index contributed by atoms with van der Waals surface area (Å²) >= 11 is 0. The van der Waals surface area contributed by atoms with Crippen LogP contribution in [0.4, 0.5) is 0 Å². The highest BCUT2D eigenvalue weighted by Crippen LogP contribution is 2.33. The second-order valence-electron chi connectivity index (χ2n) is 7.72. The first-order chi connectivity index (χ1) is 12.3. The largest absolute Gasteiger partial charge is 0.507 e. The molecular formula is C21H26N2O3. The van der Waals surface area contributed by atoms with E-state index in [9.17, 15) is 9.90 Å². The van der Waals surface area contributed by atoms with E-state index < -0.39 is 5.60 Å². The lowest BCUT2D eigenvalue weighted by Crippen LogP contribution is -2.30. The van der Waals surface area contributed by atoms with E-state index in [1.807, 2.05) is 39.0 Å². The summed E-state index contributed by atoms with van der Waals surface area (Å²) in [7, 11) is 0. The summed E-state index contributed by atoms with van der Waals surface area (Å²) in [5.74, 6) is 0.0472. The minimum Gasteiger partial charge on any atom is -0.507 e. The molecule has 2 heterocycles. The number of para-hydroxylation sites is 1. The van der Waals surface area contributed by atoms with Gasteiger partial charge in [0, 0.05) is 18.3 Å². The molecule has 26 heavy (non-hydrogen) atoms. The number of ether oxygens (including phenoxy) is 1. The van der Waals surface area contributed by atoms with Crippen molar-refractivity contribution in [3.05, 3.63) is 47.7 Å². The van der Waals surface area contributed by atoms with Crippen LogP contribution in [-0.4, -0.2) is 34.8 Å². The predicted octanol–water partition coefficient (Wildman–Crippen LogP) is 3.88. The third-order valence-corrected chi connectivity index (χ3v) is 4.47. The van der Waals surface area contributed by atoms with E-state index in [0.29, 0.717) is 16.8 Å². The highest BCUT2D eigenvalue weighted by Gasteiger charge is 2.26. The monoisotopic (exact) mass is 354 g/mol. The molecule has 0 bridgehead atoms. The Morgan fingerprint density at radius 1 is 1.31 bits per heavy atom. The van der Waals surface area contributed by atoms with E-state index in [1.165, 1.54) is 0 Å². The Bertz CT molecular complexity index is 790. The number of carbonyl (C=O) groups is 1. The van der Waals surface area contributed by atoms with Crippen LogP contribution < -0.4 is 5.32 Å². The van der Waals surface area contributed by atoms with Crippen molar-refractivity contribution in [2.75, 3.05) is 13.1 Å². The summed E-state index contributed by atoms with van der Waals surface area (Å²) in [6.07, 6.45) is 3.65. The first-order valence-corrected chi connectivity index (χ1v) is 9.07. The number of nitrogens with one attached hydrogen (secondary N) is 1. The van der Waals surface area contributed by atoms with Gasteiger partial charge in [-0.15, -0.1) is 0 Å².